The molecule has 0 radical (unpaired) electrons. The Morgan fingerprint density at radius 2 is 1.90 bits per heavy atom. The first-order valence-corrected chi connectivity index (χ1v) is 11.4. The maximum absolute atomic E-state index is 13.4. The van der Waals surface area contributed by atoms with Gasteiger partial charge in [0.15, 0.2) is 5.13 Å². The molecule has 29 heavy (non-hydrogen) atoms. The number of hydrogen-bond donors (Lipinski definition) is 0. The monoisotopic (exact) mass is 449 g/mol. The van der Waals surface area contributed by atoms with Crippen molar-refractivity contribution in [3.8, 4) is 0 Å². The van der Waals surface area contributed by atoms with E-state index in [0.717, 1.165) is 33.2 Å². The van der Waals surface area contributed by atoms with Crippen molar-refractivity contribution in [2.45, 2.75) is 25.2 Å². The summed E-state index contributed by atoms with van der Waals surface area (Å²) in [5, 5.41) is 0.780. The Morgan fingerprint density at radius 3 is 2.59 bits per heavy atom. The van der Waals surface area contributed by atoms with Gasteiger partial charge in [-0.1, -0.05) is 23.5 Å². The quantitative estimate of drug-likeness (QED) is 0.436. The Morgan fingerprint density at radius 1 is 1.14 bits per heavy atom. The highest BCUT2D eigenvalue weighted by atomic mass is 35.5. The van der Waals surface area contributed by atoms with Crippen molar-refractivity contribution in [2.24, 2.45) is 0 Å². The van der Waals surface area contributed by atoms with Crippen molar-refractivity contribution in [3.05, 3.63) is 53.1 Å². The van der Waals surface area contributed by atoms with Crippen LogP contribution in [0.25, 0.3) is 10.2 Å². The third-order valence-electron chi connectivity index (χ3n) is 4.59. The zero-order chi connectivity index (χ0) is 20.3. The van der Waals surface area contributed by atoms with Crippen LogP contribution in [0.15, 0.2) is 41.3 Å². The Balaban J connectivity index is 0.00000300. The lowest BCUT2D eigenvalue weighted by Crippen LogP contribution is -2.33. The summed E-state index contributed by atoms with van der Waals surface area (Å²) in [5.74, 6) is 0.0167. The van der Waals surface area contributed by atoms with Gasteiger partial charge in [0.1, 0.15) is 0 Å². The minimum Gasteiger partial charge on any atom is -0.309 e. The summed E-state index contributed by atoms with van der Waals surface area (Å²) in [6.07, 6.45) is 2.92. The molecular weight excluding hydrogens is 422 g/mol. The van der Waals surface area contributed by atoms with Crippen LogP contribution in [0, 0.1) is 13.8 Å². The van der Waals surface area contributed by atoms with Crippen molar-refractivity contribution in [1.82, 2.24) is 9.88 Å². The largest absolute Gasteiger partial charge is 0.309 e. The van der Waals surface area contributed by atoms with Gasteiger partial charge >= 0.3 is 0 Å². The Kier molecular flexibility index (Phi) is 8.52. The van der Waals surface area contributed by atoms with Crippen molar-refractivity contribution in [3.63, 3.8) is 0 Å². The molecule has 7 heteroatoms. The molecule has 0 saturated heterocycles. The summed E-state index contributed by atoms with van der Waals surface area (Å²) in [6, 6.07) is 12.1. The Bertz CT molecular complexity index is 987. The van der Waals surface area contributed by atoms with Crippen molar-refractivity contribution in [1.29, 1.82) is 0 Å². The molecule has 3 aromatic rings. The normalized spacial score (nSPS) is 11.0. The molecule has 1 amide bonds. The van der Waals surface area contributed by atoms with Gasteiger partial charge in [-0.2, -0.15) is 0 Å². The lowest BCUT2D eigenvalue weighted by Gasteiger charge is -2.21. The fourth-order valence-corrected chi connectivity index (χ4v) is 4.72. The molecule has 0 spiro atoms. The van der Waals surface area contributed by atoms with E-state index in [2.05, 4.69) is 45.0 Å². The number of fused-ring (bicyclic) bond motifs is 1. The molecule has 0 aliphatic carbocycles. The highest BCUT2D eigenvalue weighted by molar-refractivity contribution is 7.98. The first-order chi connectivity index (χ1) is 13.4. The van der Waals surface area contributed by atoms with Gasteiger partial charge in [-0.15, -0.1) is 24.2 Å². The van der Waals surface area contributed by atoms with E-state index in [-0.39, 0.29) is 18.3 Å². The zero-order valence-electron chi connectivity index (χ0n) is 17.6. The third kappa shape index (κ3) is 5.72. The summed E-state index contributed by atoms with van der Waals surface area (Å²) >= 11 is 3.25. The van der Waals surface area contributed by atoms with E-state index in [0.29, 0.717) is 12.1 Å². The van der Waals surface area contributed by atoms with Crippen LogP contribution in [0.5, 0.6) is 0 Å². The number of nitrogens with zero attached hydrogens (tertiary/aromatic N) is 3. The second-order valence-electron chi connectivity index (χ2n) is 7.27. The number of aryl methyl sites for hydroxylation is 2. The predicted octanol–water partition coefficient (Wildman–Crippen LogP) is 5.66. The van der Waals surface area contributed by atoms with E-state index >= 15 is 0 Å². The molecule has 156 valence electrons. The molecule has 3 rings (SSSR count). The molecule has 0 N–H and O–H groups in total. The highest BCUT2D eigenvalue weighted by Crippen LogP contribution is 2.33. The predicted molar refractivity (Wildman–Crippen MR) is 129 cm³/mol. The fourth-order valence-electron chi connectivity index (χ4n) is 3.22. The third-order valence-corrected chi connectivity index (χ3v) is 6.54. The topological polar surface area (TPSA) is 36.4 Å². The van der Waals surface area contributed by atoms with Gasteiger partial charge in [-0.25, -0.2) is 4.98 Å². The smallest absolute Gasteiger partial charge is 0.260 e. The molecule has 0 aliphatic rings. The van der Waals surface area contributed by atoms with E-state index in [1.807, 2.05) is 35.4 Å². The molecule has 0 unspecified atom stereocenters. The van der Waals surface area contributed by atoms with Crippen molar-refractivity contribution >= 4 is 56.8 Å². The summed E-state index contributed by atoms with van der Waals surface area (Å²) in [5.41, 5.74) is 4.09. The van der Waals surface area contributed by atoms with Crippen LogP contribution < -0.4 is 4.90 Å². The van der Waals surface area contributed by atoms with Crippen LogP contribution in [-0.2, 0) is 0 Å². The molecule has 2 aromatic carbocycles. The fraction of sp³-hybridized carbons (Fsp3) is 0.364. The highest BCUT2D eigenvalue weighted by Gasteiger charge is 2.22. The number of rotatable bonds is 7. The van der Waals surface area contributed by atoms with Crippen molar-refractivity contribution in [2.75, 3.05) is 38.3 Å². The van der Waals surface area contributed by atoms with Crippen LogP contribution >= 0.6 is 35.5 Å². The number of anilines is 1. The van der Waals surface area contributed by atoms with E-state index in [1.165, 1.54) is 11.1 Å². The first-order valence-electron chi connectivity index (χ1n) is 9.37. The van der Waals surface area contributed by atoms with E-state index in [1.54, 1.807) is 23.1 Å². The molecule has 0 aliphatic heterocycles. The van der Waals surface area contributed by atoms with Gasteiger partial charge in [0, 0.05) is 17.0 Å². The van der Waals surface area contributed by atoms with E-state index < -0.39 is 0 Å². The molecule has 0 atom stereocenters. The number of hydrogen-bond acceptors (Lipinski definition) is 5. The second kappa shape index (κ2) is 10.4. The van der Waals surface area contributed by atoms with Crippen molar-refractivity contribution < 1.29 is 4.79 Å². The average molecular weight is 450 g/mol. The second-order valence-corrected chi connectivity index (χ2v) is 9.13. The Labute approximate surface area is 187 Å². The van der Waals surface area contributed by atoms with Crippen LogP contribution in [0.1, 0.15) is 27.9 Å². The zero-order valence-corrected chi connectivity index (χ0v) is 20.0. The average Bonchev–Trinajstić information content (AvgIpc) is 3.08. The number of aromatic nitrogens is 1. The number of thioether (sulfide) groups is 1. The van der Waals surface area contributed by atoms with Gasteiger partial charge in [0.05, 0.1) is 10.2 Å². The summed E-state index contributed by atoms with van der Waals surface area (Å²) < 4.78 is 1.16. The van der Waals surface area contributed by atoms with Crippen LogP contribution in [-0.4, -0.2) is 49.2 Å². The molecule has 4 nitrogen and oxygen atoms in total. The summed E-state index contributed by atoms with van der Waals surface area (Å²) in [6.45, 7) is 5.77. The maximum atomic E-state index is 13.4. The number of amides is 1. The van der Waals surface area contributed by atoms with E-state index in [9.17, 15) is 4.79 Å². The lowest BCUT2D eigenvalue weighted by atomic mass is 10.1. The van der Waals surface area contributed by atoms with Gasteiger partial charge in [0.2, 0.25) is 0 Å². The number of halogens is 1. The first kappa shape index (κ1) is 23.7. The molecule has 0 saturated carbocycles. The number of carbonyl (C=O) groups excluding carboxylic acids is 1. The summed E-state index contributed by atoms with van der Waals surface area (Å²) in [4.78, 5) is 23.3. The minimum atomic E-state index is 0. The lowest BCUT2D eigenvalue weighted by molar-refractivity contribution is 0.0986. The number of benzene rings is 2. The van der Waals surface area contributed by atoms with Crippen LogP contribution in [0.3, 0.4) is 0 Å². The minimum absolute atomic E-state index is 0. The molecule has 1 heterocycles. The molecular formula is C22H28ClN3OS2. The molecule has 0 fully saturated rings. The van der Waals surface area contributed by atoms with Gasteiger partial charge < -0.3 is 4.90 Å². The standard InChI is InChI=1S/C22H27N3OS2.ClH/c1-15-12-16(2)20-19(13-15)23-22(28-20)25(11-7-10-24(3)4)21(26)17-8-6-9-18(14-17)27-5;/h6,8-9,12-14H,7,10-11H2,1-5H3;1H. The van der Waals surface area contributed by atoms with Crippen LogP contribution in [0.4, 0.5) is 5.13 Å². The number of carbonyl (C=O) groups is 1. The summed E-state index contributed by atoms with van der Waals surface area (Å²) in [7, 11) is 4.11. The molecule has 1 aromatic heterocycles. The van der Waals surface area contributed by atoms with E-state index in [4.69, 9.17) is 4.98 Å². The van der Waals surface area contributed by atoms with Gasteiger partial charge in [-0.05, 0) is 82.6 Å². The maximum Gasteiger partial charge on any atom is 0.260 e. The van der Waals surface area contributed by atoms with Gasteiger partial charge in [-0.3, -0.25) is 9.69 Å². The molecule has 0 bridgehead atoms. The van der Waals surface area contributed by atoms with Crippen LogP contribution in [0.2, 0.25) is 0 Å². The number of thiazole rings is 1. The Hall–Kier alpha value is -1.60. The van der Waals surface area contributed by atoms with Gasteiger partial charge in [0.25, 0.3) is 5.91 Å². The SMILES string of the molecule is CSc1cccc(C(=O)N(CCCN(C)C)c2nc3cc(C)cc(C)c3s2)c1.Cl.